The molecule has 1 N–H and O–H groups in total. The van der Waals surface area contributed by atoms with E-state index in [0.717, 1.165) is 6.08 Å². The van der Waals surface area contributed by atoms with Gasteiger partial charge in [-0.25, -0.2) is 0 Å². The van der Waals surface area contributed by atoms with Gasteiger partial charge in [-0.1, -0.05) is 0 Å². The Morgan fingerprint density at radius 1 is 1.62 bits per heavy atom. The second kappa shape index (κ2) is 5.59. The summed E-state index contributed by atoms with van der Waals surface area (Å²) in [6.07, 6.45) is 0.612. The normalized spacial score (nSPS) is 13.6. The van der Waals surface area contributed by atoms with E-state index in [9.17, 15) is 9.59 Å². The first-order valence-electron chi connectivity index (χ1n) is 3.61. The second-order valence-corrected chi connectivity index (χ2v) is 3.06. The van der Waals surface area contributed by atoms with Gasteiger partial charge in [0.1, 0.15) is 12.2 Å². The van der Waals surface area contributed by atoms with Crippen LogP contribution in [0.5, 0.6) is 0 Å². The fourth-order valence-electron chi connectivity index (χ4n) is 0.550. The summed E-state index contributed by atoms with van der Waals surface area (Å²) in [6, 6.07) is 0. The smallest absolute Gasteiger partial charge is 0.313 e. The molecule has 4 nitrogen and oxygen atoms in total. The molecule has 0 aliphatic carbocycles. The Bertz CT molecular complexity index is 232. The molecule has 0 spiro atoms. The average Bonchev–Trinajstić information content (AvgIpc) is 2.03. The Labute approximate surface area is 81.1 Å². The van der Waals surface area contributed by atoms with Crippen LogP contribution in [-0.2, 0) is 14.3 Å². The number of allylic oxidation sites excluding steroid dienone is 1. The minimum Gasteiger partial charge on any atom is -0.512 e. The SMILES string of the molecule is COC(=O)CC(O)=CC(=O)C(C)Cl. The minimum absolute atomic E-state index is 0.314. The van der Waals surface area contributed by atoms with Crippen molar-refractivity contribution >= 4 is 23.4 Å². The molecule has 0 radical (unpaired) electrons. The highest BCUT2D eigenvalue weighted by molar-refractivity contribution is 6.32. The van der Waals surface area contributed by atoms with Crippen molar-refractivity contribution < 1.29 is 19.4 Å². The fourth-order valence-corrected chi connectivity index (χ4v) is 0.613. The van der Waals surface area contributed by atoms with Crippen molar-refractivity contribution in [3.8, 4) is 0 Å². The van der Waals surface area contributed by atoms with E-state index in [-0.39, 0.29) is 12.2 Å². The van der Waals surface area contributed by atoms with Crippen LogP contribution in [0.25, 0.3) is 0 Å². The van der Waals surface area contributed by atoms with Crippen LogP contribution >= 0.6 is 11.6 Å². The third-order valence-corrected chi connectivity index (χ3v) is 1.47. The van der Waals surface area contributed by atoms with E-state index >= 15 is 0 Å². The molecule has 0 saturated heterocycles. The predicted octanol–water partition coefficient (Wildman–Crippen LogP) is 1.19. The maximum Gasteiger partial charge on any atom is 0.313 e. The first-order chi connectivity index (χ1) is 5.97. The zero-order valence-corrected chi connectivity index (χ0v) is 8.17. The highest BCUT2D eigenvalue weighted by Crippen LogP contribution is 2.02. The number of methoxy groups -OCH3 is 1. The second-order valence-electron chi connectivity index (χ2n) is 2.41. The van der Waals surface area contributed by atoms with Gasteiger partial charge in [-0.3, -0.25) is 9.59 Å². The maximum atomic E-state index is 10.9. The van der Waals surface area contributed by atoms with Gasteiger partial charge in [0.25, 0.3) is 0 Å². The van der Waals surface area contributed by atoms with Crippen molar-refractivity contribution in [2.45, 2.75) is 18.7 Å². The summed E-state index contributed by atoms with van der Waals surface area (Å²) in [5, 5.41) is 8.34. The molecule has 13 heavy (non-hydrogen) atoms. The van der Waals surface area contributed by atoms with Crippen molar-refractivity contribution in [3.05, 3.63) is 11.8 Å². The summed E-state index contributed by atoms with van der Waals surface area (Å²) < 4.78 is 4.28. The Hall–Kier alpha value is -1.03. The Balaban J connectivity index is 4.17. The number of ketones is 1. The third-order valence-electron chi connectivity index (χ3n) is 1.25. The van der Waals surface area contributed by atoms with Crippen LogP contribution in [0.3, 0.4) is 0 Å². The number of aliphatic hydroxyl groups excluding tert-OH is 1. The number of halogens is 1. The number of hydrogen-bond acceptors (Lipinski definition) is 4. The largest absolute Gasteiger partial charge is 0.512 e. The number of rotatable bonds is 4. The topological polar surface area (TPSA) is 63.6 Å². The van der Waals surface area contributed by atoms with Crippen molar-refractivity contribution in [2.24, 2.45) is 0 Å². The lowest BCUT2D eigenvalue weighted by Gasteiger charge is -1.99. The van der Waals surface area contributed by atoms with Crippen LogP contribution < -0.4 is 0 Å². The summed E-state index contributed by atoms with van der Waals surface area (Å²) in [7, 11) is 1.20. The van der Waals surface area contributed by atoms with Crippen LogP contribution in [0, 0.1) is 0 Å². The van der Waals surface area contributed by atoms with Crippen LogP contribution in [0.2, 0.25) is 0 Å². The molecule has 0 aromatic carbocycles. The summed E-state index contributed by atoms with van der Waals surface area (Å²) in [6.45, 7) is 1.48. The Morgan fingerprint density at radius 2 is 2.15 bits per heavy atom. The summed E-state index contributed by atoms with van der Waals surface area (Å²) in [4.78, 5) is 21.5. The fraction of sp³-hybridized carbons (Fsp3) is 0.500. The van der Waals surface area contributed by atoms with E-state index in [1.165, 1.54) is 14.0 Å². The molecule has 0 aromatic heterocycles. The van der Waals surface area contributed by atoms with Gasteiger partial charge in [0.2, 0.25) is 0 Å². The number of carbonyl (C=O) groups is 2. The monoisotopic (exact) mass is 206 g/mol. The van der Waals surface area contributed by atoms with Crippen molar-refractivity contribution in [3.63, 3.8) is 0 Å². The molecule has 1 atom stereocenters. The number of aliphatic hydroxyl groups is 1. The van der Waals surface area contributed by atoms with Gasteiger partial charge in [-0.15, -0.1) is 11.6 Å². The van der Waals surface area contributed by atoms with E-state index in [1.807, 2.05) is 0 Å². The Kier molecular flexibility index (Phi) is 5.14. The molecule has 0 fully saturated rings. The van der Waals surface area contributed by atoms with Gasteiger partial charge < -0.3 is 9.84 Å². The molecule has 0 aliphatic rings. The van der Waals surface area contributed by atoms with Gasteiger partial charge in [-0.05, 0) is 6.92 Å². The van der Waals surface area contributed by atoms with Gasteiger partial charge in [0.05, 0.1) is 12.5 Å². The van der Waals surface area contributed by atoms with Crippen LogP contribution in [-0.4, -0.2) is 29.3 Å². The van der Waals surface area contributed by atoms with Crippen molar-refractivity contribution in [2.75, 3.05) is 7.11 Å². The predicted molar refractivity (Wildman–Crippen MR) is 47.7 cm³/mol. The lowest BCUT2D eigenvalue weighted by Crippen LogP contribution is -2.09. The van der Waals surface area contributed by atoms with Crippen LogP contribution in [0.4, 0.5) is 0 Å². The lowest BCUT2D eigenvalue weighted by molar-refractivity contribution is -0.140. The number of hydrogen-bond donors (Lipinski definition) is 1. The molecule has 0 aromatic rings. The first kappa shape index (κ1) is 12.0. The average molecular weight is 207 g/mol. The van der Waals surface area contributed by atoms with Crippen LogP contribution in [0.1, 0.15) is 13.3 Å². The highest BCUT2D eigenvalue weighted by Gasteiger charge is 2.10. The zero-order valence-electron chi connectivity index (χ0n) is 7.41. The molecule has 0 rings (SSSR count). The Morgan fingerprint density at radius 3 is 2.54 bits per heavy atom. The van der Waals surface area contributed by atoms with Gasteiger partial charge in [-0.2, -0.15) is 0 Å². The molecule has 1 unspecified atom stereocenters. The standard InChI is InChI=1S/C8H11ClO4/c1-5(9)7(11)3-6(10)4-8(12)13-2/h3,5,10H,4H2,1-2H3. The number of alkyl halides is 1. The van der Waals surface area contributed by atoms with Crippen LogP contribution in [0.15, 0.2) is 11.8 Å². The quantitative estimate of drug-likeness (QED) is 0.325. The first-order valence-corrected chi connectivity index (χ1v) is 4.05. The van der Waals surface area contributed by atoms with Gasteiger partial charge in [0.15, 0.2) is 5.78 Å². The molecule has 0 bridgehead atoms. The van der Waals surface area contributed by atoms with Gasteiger partial charge >= 0.3 is 5.97 Å². The third kappa shape index (κ3) is 5.25. The maximum absolute atomic E-state index is 10.9. The highest BCUT2D eigenvalue weighted by atomic mass is 35.5. The van der Waals surface area contributed by atoms with E-state index in [2.05, 4.69) is 4.74 Å². The zero-order chi connectivity index (χ0) is 10.4. The summed E-state index contributed by atoms with van der Waals surface area (Å²) >= 11 is 5.42. The van der Waals surface area contributed by atoms with E-state index < -0.39 is 17.1 Å². The van der Waals surface area contributed by atoms with Crippen molar-refractivity contribution in [1.82, 2.24) is 0 Å². The van der Waals surface area contributed by atoms with E-state index in [4.69, 9.17) is 16.7 Å². The molecule has 5 heteroatoms. The summed E-state index contributed by atoms with van der Waals surface area (Å²) in [5.41, 5.74) is 0. The number of ether oxygens (including phenoxy) is 1. The van der Waals surface area contributed by atoms with E-state index in [0.29, 0.717) is 0 Å². The minimum atomic E-state index is -0.709. The number of carbonyl (C=O) groups excluding carboxylic acids is 2. The molecular formula is C8H11ClO4. The lowest BCUT2D eigenvalue weighted by atomic mass is 10.2. The van der Waals surface area contributed by atoms with E-state index in [1.54, 1.807) is 0 Å². The summed E-state index contributed by atoms with van der Waals surface area (Å²) in [5.74, 6) is -1.39. The molecular weight excluding hydrogens is 196 g/mol. The molecule has 74 valence electrons. The van der Waals surface area contributed by atoms with Crippen molar-refractivity contribution in [1.29, 1.82) is 0 Å². The molecule has 0 heterocycles. The molecule has 0 aliphatic heterocycles. The molecule has 0 saturated carbocycles. The molecule has 0 amide bonds. The van der Waals surface area contributed by atoms with Gasteiger partial charge in [0, 0.05) is 6.08 Å². The number of esters is 1.